The standard InChI is InChI=1S/C24H35NO3/c1-2-28-18-23(9-8-20-16-21(20)19-6-4-3-5-7-19)12-14-25(15-13-23)17-24(10-11-24)22(26)27/h3-7,20-21H,2,8-18H2,1H3,(H,26,27)/t20-,21?/m1/s1. The molecule has 1 heterocycles. The van der Waals surface area contributed by atoms with Gasteiger partial charge < -0.3 is 14.7 Å². The number of carbonyl (C=O) groups is 1. The van der Waals surface area contributed by atoms with Gasteiger partial charge in [0, 0.05) is 13.2 Å². The monoisotopic (exact) mass is 385 g/mol. The molecule has 1 aliphatic heterocycles. The molecule has 4 rings (SSSR count). The SMILES string of the molecule is CCOCC1(CC[C@@H]2CC2c2ccccc2)CCN(CC2(C(=O)O)CC2)CC1. The highest BCUT2D eigenvalue weighted by molar-refractivity contribution is 5.78. The van der Waals surface area contributed by atoms with Gasteiger partial charge >= 0.3 is 5.97 Å². The van der Waals surface area contributed by atoms with Crippen LogP contribution in [0.1, 0.15) is 63.4 Å². The van der Waals surface area contributed by atoms with E-state index in [0.29, 0.717) is 0 Å². The average Bonchev–Trinajstić information content (AvgIpc) is 3.63. The van der Waals surface area contributed by atoms with Crippen LogP contribution in [-0.2, 0) is 9.53 Å². The molecule has 154 valence electrons. The Balaban J connectivity index is 1.29. The maximum Gasteiger partial charge on any atom is 0.310 e. The van der Waals surface area contributed by atoms with E-state index in [4.69, 9.17) is 4.74 Å². The van der Waals surface area contributed by atoms with E-state index >= 15 is 0 Å². The minimum absolute atomic E-state index is 0.288. The molecule has 1 aromatic carbocycles. The smallest absolute Gasteiger partial charge is 0.310 e. The van der Waals surface area contributed by atoms with Crippen molar-refractivity contribution in [3.05, 3.63) is 35.9 Å². The van der Waals surface area contributed by atoms with Crippen molar-refractivity contribution in [2.24, 2.45) is 16.7 Å². The first-order chi connectivity index (χ1) is 13.6. The van der Waals surface area contributed by atoms with Crippen LogP contribution >= 0.6 is 0 Å². The van der Waals surface area contributed by atoms with Gasteiger partial charge in [-0.15, -0.1) is 0 Å². The van der Waals surface area contributed by atoms with Crippen LogP contribution in [-0.4, -0.2) is 48.8 Å². The lowest BCUT2D eigenvalue weighted by Crippen LogP contribution is -2.45. The zero-order valence-corrected chi connectivity index (χ0v) is 17.2. The van der Waals surface area contributed by atoms with Crippen LogP contribution in [0.25, 0.3) is 0 Å². The fourth-order valence-electron chi connectivity index (χ4n) is 5.16. The molecule has 0 aromatic heterocycles. The van der Waals surface area contributed by atoms with Crippen molar-refractivity contribution in [1.82, 2.24) is 4.90 Å². The van der Waals surface area contributed by atoms with Crippen LogP contribution in [0.2, 0.25) is 0 Å². The molecule has 4 nitrogen and oxygen atoms in total. The topological polar surface area (TPSA) is 49.8 Å². The second kappa shape index (κ2) is 8.16. The van der Waals surface area contributed by atoms with Gasteiger partial charge in [0.15, 0.2) is 0 Å². The van der Waals surface area contributed by atoms with E-state index in [2.05, 4.69) is 42.2 Å². The van der Waals surface area contributed by atoms with Crippen LogP contribution < -0.4 is 0 Å². The third kappa shape index (κ3) is 4.44. The predicted molar refractivity (Wildman–Crippen MR) is 110 cm³/mol. The highest BCUT2D eigenvalue weighted by Gasteiger charge is 2.52. The van der Waals surface area contributed by atoms with Gasteiger partial charge in [0.1, 0.15) is 0 Å². The lowest BCUT2D eigenvalue weighted by Gasteiger charge is -2.42. The Hall–Kier alpha value is -1.39. The predicted octanol–water partition coefficient (Wildman–Crippen LogP) is 4.55. The lowest BCUT2D eigenvalue weighted by molar-refractivity contribution is -0.144. The van der Waals surface area contributed by atoms with E-state index in [9.17, 15) is 9.90 Å². The van der Waals surface area contributed by atoms with Gasteiger partial charge in [-0.3, -0.25) is 4.79 Å². The molecular formula is C24H35NO3. The van der Waals surface area contributed by atoms with Crippen LogP contribution in [0.5, 0.6) is 0 Å². The summed E-state index contributed by atoms with van der Waals surface area (Å²) in [7, 11) is 0. The van der Waals surface area contributed by atoms with E-state index < -0.39 is 11.4 Å². The largest absolute Gasteiger partial charge is 0.481 e. The first-order valence-corrected chi connectivity index (χ1v) is 11.1. The van der Waals surface area contributed by atoms with Gasteiger partial charge in [0.05, 0.1) is 12.0 Å². The fraction of sp³-hybridized carbons (Fsp3) is 0.708. The van der Waals surface area contributed by atoms with Crippen molar-refractivity contribution >= 4 is 5.97 Å². The number of nitrogens with zero attached hydrogens (tertiary/aromatic N) is 1. The molecule has 0 bridgehead atoms. The van der Waals surface area contributed by atoms with Crippen molar-refractivity contribution in [1.29, 1.82) is 0 Å². The third-order valence-corrected chi connectivity index (χ3v) is 7.56. The Morgan fingerprint density at radius 1 is 1.18 bits per heavy atom. The Kier molecular flexibility index (Phi) is 5.80. The van der Waals surface area contributed by atoms with Gasteiger partial charge in [-0.1, -0.05) is 30.3 Å². The summed E-state index contributed by atoms with van der Waals surface area (Å²) in [5.41, 5.74) is 1.36. The summed E-state index contributed by atoms with van der Waals surface area (Å²) in [6.07, 6.45) is 7.88. The molecule has 0 amide bonds. The van der Waals surface area contributed by atoms with Gasteiger partial charge in [0.25, 0.3) is 0 Å². The molecule has 1 aromatic rings. The van der Waals surface area contributed by atoms with Crippen molar-refractivity contribution in [3.63, 3.8) is 0 Å². The van der Waals surface area contributed by atoms with E-state index in [0.717, 1.165) is 70.4 Å². The molecule has 28 heavy (non-hydrogen) atoms. The molecule has 2 saturated carbocycles. The second-order valence-corrected chi connectivity index (χ2v) is 9.55. The van der Waals surface area contributed by atoms with Crippen LogP contribution in [0.15, 0.2) is 30.3 Å². The summed E-state index contributed by atoms with van der Waals surface area (Å²) in [4.78, 5) is 13.9. The number of piperidine rings is 1. The molecule has 1 N–H and O–H groups in total. The number of aliphatic carboxylic acids is 1. The van der Waals surface area contributed by atoms with Crippen molar-refractivity contribution in [2.75, 3.05) is 32.8 Å². The Bertz CT molecular complexity index is 662. The molecular weight excluding hydrogens is 350 g/mol. The normalized spacial score (nSPS) is 28.0. The summed E-state index contributed by atoms with van der Waals surface area (Å²) in [5, 5.41) is 9.48. The van der Waals surface area contributed by atoms with Crippen molar-refractivity contribution < 1.29 is 14.6 Å². The lowest BCUT2D eigenvalue weighted by atomic mass is 9.74. The van der Waals surface area contributed by atoms with Gasteiger partial charge in [-0.25, -0.2) is 0 Å². The quantitative estimate of drug-likeness (QED) is 0.642. The molecule has 2 aliphatic carbocycles. The van der Waals surface area contributed by atoms with E-state index in [1.807, 2.05) is 0 Å². The van der Waals surface area contributed by atoms with Gasteiger partial charge in [-0.05, 0) is 87.8 Å². The van der Waals surface area contributed by atoms with E-state index in [1.54, 1.807) is 0 Å². The van der Waals surface area contributed by atoms with Gasteiger partial charge in [0.2, 0.25) is 0 Å². The molecule has 2 atom stereocenters. The molecule has 0 radical (unpaired) electrons. The molecule has 3 aliphatic rings. The molecule has 4 heteroatoms. The Morgan fingerprint density at radius 2 is 1.89 bits per heavy atom. The van der Waals surface area contributed by atoms with Gasteiger partial charge in [-0.2, -0.15) is 0 Å². The maximum atomic E-state index is 11.5. The zero-order valence-electron chi connectivity index (χ0n) is 17.2. The molecule has 3 fully saturated rings. The van der Waals surface area contributed by atoms with Crippen LogP contribution in [0.3, 0.4) is 0 Å². The molecule has 1 unspecified atom stereocenters. The maximum absolute atomic E-state index is 11.5. The third-order valence-electron chi connectivity index (χ3n) is 7.56. The summed E-state index contributed by atoms with van der Waals surface area (Å²) >= 11 is 0. The number of likely N-dealkylation sites (tertiary alicyclic amines) is 1. The van der Waals surface area contributed by atoms with Crippen LogP contribution in [0, 0.1) is 16.7 Å². The number of carboxylic acid groups (broad SMARTS) is 1. The number of carboxylic acids is 1. The average molecular weight is 386 g/mol. The summed E-state index contributed by atoms with van der Waals surface area (Å²) in [6, 6.07) is 11.0. The zero-order chi connectivity index (χ0) is 19.6. The van der Waals surface area contributed by atoms with Crippen molar-refractivity contribution in [3.8, 4) is 0 Å². The number of benzene rings is 1. The number of hydrogen-bond donors (Lipinski definition) is 1. The Morgan fingerprint density at radius 3 is 2.50 bits per heavy atom. The first kappa shape index (κ1) is 19.9. The van der Waals surface area contributed by atoms with Crippen LogP contribution in [0.4, 0.5) is 0 Å². The summed E-state index contributed by atoms with van der Waals surface area (Å²) in [5.74, 6) is 0.996. The molecule has 1 saturated heterocycles. The highest BCUT2D eigenvalue weighted by Crippen LogP contribution is 2.52. The summed E-state index contributed by atoms with van der Waals surface area (Å²) < 4.78 is 5.91. The number of hydrogen-bond acceptors (Lipinski definition) is 3. The highest BCUT2D eigenvalue weighted by atomic mass is 16.5. The fourth-order valence-corrected chi connectivity index (χ4v) is 5.16. The summed E-state index contributed by atoms with van der Waals surface area (Å²) in [6.45, 7) is 6.52. The number of ether oxygens (including phenoxy) is 1. The Labute approximate surface area is 169 Å². The molecule has 0 spiro atoms. The van der Waals surface area contributed by atoms with E-state index in [-0.39, 0.29) is 5.41 Å². The van der Waals surface area contributed by atoms with Crippen molar-refractivity contribution in [2.45, 2.75) is 57.8 Å². The van der Waals surface area contributed by atoms with E-state index in [1.165, 1.54) is 24.8 Å². The minimum atomic E-state index is -0.598. The first-order valence-electron chi connectivity index (χ1n) is 11.1. The minimum Gasteiger partial charge on any atom is -0.481 e. The second-order valence-electron chi connectivity index (χ2n) is 9.55. The number of rotatable bonds is 10.